The highest BCUT2D eigenvalue weighted by Crippen LogP contribution is 2.45. The molecule has 3 heterocycles. The van der Waals surface area contributed by atoms with E-state index in [0.29, 0.717) is 0 Å². The van der Waals surface area contributed by atoms with Crippen molar-refractivity contribution in [2.24, 2.45) is 0 Å². The van der Waals surface area contributed by atoms with Gasteiger partial charge >= 0.3 is 0 Å². The first-order chi connectivity index (χ1) is 27.7. The van der Waals surface area contributed by atoms with Gasteiger partial charge in [0.1, 0.15) is 33.5 Å². The number of hydrogen-bond acceptors (Lipinski definition) is 4. The fraction of sp³-hybridized carbons (Fsp3) is 0. The van der Waals surface area contributed by atoms with E-state index in [1.165, 1.54) is 10.8 Å². The second-order valence-corrected chi connectivity index (χ2v) is 14.5. The molecule has 0 bridgehead atoms. The molecular formula is C52H31NO3. The minimum absolute atomic E-state index is 0.865. The van der Waals surface area contributed by atoms with Crippen LogP contribution >= 0.6 is 0 Å². The average Bonchev–Trinajstić information content (AvgIpc) is 3.93. The lowest BCUT2D eigenvalue weighted by Gasteiger charge is -2.28. The van der Waals surface area contributed by atoms with Crippen molar-refractivity contribution >= 4 is 93.7 Å². The quantitative estimate of drug-likeness (QED) is 0.178. The maximum absolute atomic E-state index is 6.40. The second-order valence-electron chi connectivity index (χ2n) is 14.5. The Morgan fingerprint density at radius 3 is 1.61 bits per heavy atom. The number of hydrogen-bond donors (Lipinski definition) is 0. The average molecular weight is 718 g/mol. The van der Waals surface area contributed by atoms with E-state index in [-0.39, 0.29) is 0 Å². The van der Waals surface area contributed by atoms with Crippen LogP contribution in [-0.4, -0.2) is 0 Å². The van der Waals surface area contributed by atoms with Crippen LogP contribution in [0.3, 0.4) is 0 Å². The molecular weight excluding hydrogens is 687 g/mol. The molecule has 0 radical (unpaired) electrons. The van der Waals surface area contributed by atoms with E-state index < -0.39 is 0 Å². The van der Waals surface area contributed by atoms with Gasteiger partial charge in [0.05, 0.1) is 5.69 Å². The van der Waals surface area contributed by atoms with Crippen molar-refractivity contribution < 1.29 is 13.3 Å². The Bertz CT molecular complexity index is 3490. The van der Waals surface area contributed by atoms with Gasteiger partial charge in [-0.2, -0.15) is 0 Å². The highest BCUT2D eigenvalue weighted by atomic mass is 16.3. The summed E-state index contributed by atoms with van der Waals surface area (Å²) < 4.78 is 18.9. The SMILES string of the molecule is c1ccc(N(c2ccc(-c3ccc4c(c3)oc3ccccc34)cc2)c2ccc3oc4ccccc4c3c2)c(-c2ccc3oc4cc5ccccc5cc4c3c2)c1. The lowest BCUT2D eigenvalue weighted by atomic mass is 9.98. The van der Waals surface area contributed by atoms with Crippen molar-refractivity contribution in [1.82, 2.24) is 0 Å². The van der Waals surface area contributed by atoms with Crippen molar-refractivity contribution in [2.45, 2.75) is 0 Å². The maximum atomic E-state index is 6.40. The topological polar surface area (TPSA) is 42.7 Å². The number of rotatable bonds is 5. The minimum atomic E-state index is 0.865. The smallest absolute Gasteiger partial charge is 0.136 e. The molecule has 0 fully saturated rings. The molecule has 0 aliphatic carbocycles. The molecule has 0 aliphatic rings. The van der Waals surface area contributed by atoms with Gasteiger partial charge in [-0.05, 0) is 112 Å². The molecule has 0 aliphatic heterocycles. The fourth-order valence-electron chi connectivity index (χ4n) is 8.53. The summed E-state index contributed by atoms with van der Waals surface area (Å²) in [5.41, 5.74) is 12.9. The van der Waals surface area contributed by atoms with Crippen LogP contribution in [0.25, 0.3) is 98.8 Å². The van der Waals surface area contributed by atoms with Gasteiger partial charge < -0.3 is 18.2 Å². The molecule has 4 nitrogen and oxygen atoms in total. The lowest BCUT2D eigenvalue weighted by Crippen LogP contribution is -2.11. The maximum Gasteiger partial charge on any atom is 0.136 e. The molecule has 262 valence electrons. The van der Waals surface area contributed by atoms with Crippen LogP contribution in [0.15, 0.2) is 201 Å². The number of anilines is 3. The van der Waals surface area contributed by atoms with E-state index in [0.717, 1.165) is 105 Å². The van der Waals surface area contributed by atoms with Gasteiger partial charge in [0.15, 0.2) is 0 Å². The first-order valence-electron chi connectivity index (χ1n) is 18.9. The molecule has 56 heavy (non-hydrogen) atoms. The standard InChI is InChI=1S/C52H31NO3/c1-2-10-34-29-52-44(27-33(34)9-1)43-28-36(20-25-49(43)56-52)39-11-3-6-14-46(39)53(38-23-26-50-45(31-38)41-13-5-8-16-48(41)54-50)37-21-17-32(18-22-37)35-19-24-42-40-12-4-7-15-47(40)55-51(42)30-35/h1-31H. The predicted octanol–water partition coefficient (Wildman–Crippen LogP) is 15.3. The summed E-state index contributed by atoms with van der Waals surface area (Å²) >= 11 is 0. The van der Waals surface area contributed by atoms with Gasteiger partial charge in [-0.15, -0.1) is 0 Å². The van der Waals surface area contributed by atoms with E-state index in [9.17, 15) is 0 Å². The van der Waals surface area contributed by atoms with Gasteiger partial charge in [0.25, 0.3) is 0 Å². The summed E-state index contributed by atoms with van der Waals surface area (Å²) in [5.74, 6) is 0. The highest BCUT2D eigenvalue weighted by molar-refractivity contribution is 6.12. The molecule has 4 heteroatoms. The van der Waals surface area contributed by atoms with Gasteiger partial charge in [-0.1, -0.05) is 103 Å². The first-order valence-corrected chi connectivity index (χ1v) is 18.9. The van der Waals surface area contributed by atoms with Crippen LogP contribution in [-0.2, 0) is 0 Å². The van der Waals surface area contributed by atoms with Gasteiger partial charge in [-0.25, -0.2) is 0 Å². The molecule has 0 amide bonds. The Hall–Kier alpha value is -7.56. The molecule has 12 aromatic rings. The highest BCUT2D eigenvalue weighted by Gasteiger charge is 2.20. The number of furan rings is 3. The van der Waals surface area contributed by atoms with E-state index in [4.69, 9.17) is 13.3 Å². The van der Waals surface area contributed by atoms with E-state index in [2.05, 4.69) is 169 Å². The molecule has 0 N–H and O–H groups in total. The third kappa shape index (κ3) is 4.79. The Morgan fingerprint density at radius 2 is 0.804 bits per heavy atom. The molecule has 12 rings (SSSR count). The normalized spacial score (nSPS) is 11.9. The van der Waals surface area contributed by atoms with Crippen LogP contribution in [0.2, 0.25) is 0 Å². The lowest BCUT2D eigenvalue weighted by molar-refractivity contribution is 0.668. The zero-order chi connectivity index (χ0) is 36.7. The Balaban J connectivity index is 1.02. The number of benzene rings is 9. The van der Waals surface area contributed by atoms with E-state index in [1.54, 1.807) is 0 Å². The fourth-order valence-corrected chi connectivity index (χ4v) is 8.53. The van der Waals surface area contributed by atoms with Crippen molar-refractivity contribution in [3.63, 3.8) is 0 Å². The van der Waals surface area contributed by atoms with E-state index in [1.807, 2.05) is 24.3 Å². The summed E-state index contributed by atoms with van der Waals surface area (Å²) in [4.78, 5) is 2.36. The zero-order valence-corrected chi connectivity index (χ0v) is 30.1. The molecule has 0 saturated heterocycles. The number of para-hydroxylation sites is 3. The molecule has 3 aromatic heterocycles. The Kier molecular flexibility index (Phi) is 6.60. The summed E-state index contributed by atoms with van der Waals surface area (Å²) in [6.07, 6.45) is 0. The third-order valence-electron chi connectivity index (χ3n) is 11.2. The van der Waals surface area contributed by atoms with Gasteiger partial charge in [0, 0.05) is 49.3 Å². The Labute approximate surface area is 321 Å². The largest absolute Gasteiger partial charge is 0.456 e. The molecule has 0 atom stereocenters. The van der Waals surface area contributed by atoms with Gasteiger partial charge in [0.2, 0.25) is 0 Å². The monoisotopic (exact) mass is 717 g/mol. The third-order valence-corrected chi connectivity index (χ3v) is 11.2. The molecule has 9 aromatic carbocycles. The van der Waals surface area contributed by atoms with Crippen LogP contribution < -0.4 is 4.90 Å². The summed E-state index contributed by atoms with van der Waals surface area (Å²) in [7, 11) is 0. The van der Waals surface area contributed by atoms with Crippen molar-refractivity contribution in [1.29, 1.82) is 0 Å². The molecule has 0 saturated carbocycles. The van der Waals surface area contributed by atoms with Gasteiger partial charge in [-0.3, -0.25) is 0 Å². The molecule has 0 unspecified atom stereocenters. The van der Waals surface area contributed by atoms with Crippen LogP contribution in [0.4, 0.5) is 17.1 Å². The summed E-state index contributed by atoms with van der Waals surface area (Å²) in [5, 5.41) is 9.01. The first kappa shape index (κ1) is 30.9. The van der Waals surface area contributed by atoms with Crippen molar-refractivity contribution in [3.8, 4) is 22.3 Å². The molecule has 0 spiro atoms. The van der Waals surface area contributed by atoms with Crippen LogP contribution in [0, 0.1) is 0 Å². The number of fused-ring (bicyclic) bond motifs is 10. The Morgan fingerprint density at radius 1 is 0.286 bits per heavy atom. The van der Waals surface area contributed by atoms with Crippen LogP contribution in [0.5, 0.6) is 0 Å². The van der Waals surface area contributed by atoms with Crippen molar-refractivity contribution in [3.05, 3.63) is 188 Å². The van der Waals surface area contributed by atoms with Crippen molar-refractivity contribution in [2.75, 3.05) is 4.90 Å². The van der Waals surface area contributed by atoms with Crippen LogP contribution in [0.1, 0.15) is 0 Å². The minimum Gasteiger partial charge on any atom is -0.456 e. The zero-order valence-electron chi connectivity index (χ0n) is 30.1. The second kappa shape index (κ2) is 12.0. The predicted molar refractivity (Wildman–Crippen MR) is 231 cm³/mol. The summed E-state index contributed by atoms with van der Waals surface area (Å²) in [6.45, 7) is 0. The summed E-state index contributed by atoms with van der Waals surface area (Å²) in [6, 6.07) is 66.3. The number of nitrogens with zero attached hydrogens (tertiary/aromatic N) is 1. The van der Waals surface area contributed by atoms with E-state index >= 15 is 0 Å².